The Balaban J connectivity index is 1.78. The average Bonchev–Trinajstić information content (AvgIpc) is 3.11. The molecule has 6 heteroatoms. The van der Waals surface area contributed by atoms with Crippen LogP contribution in [0.1, 0.15) is 11.3 Å². The molecule has 0 bridgehead atoms. The minimum absolute atomic E-state index is 0.539. The van der Waals surface area contributed by atoms with Crippen LogP contribution in [0.25, 0.3) is 0 Å². The van der Waals surface area contributed by atoms with Crippen LogP contribution in [0.3, 0.4) is 0 Å². The Kier molecular flexibility index (Phi) is 5.97. The number of anilines is 1. The second kappa shape index (κ2) is 8.39. The smallest absolute Gasteiger partial charge is 0.174 e. The highest BCUT2D eigenvalue weighted by atomic mass is 35.5. The number of furan rings is 1. The van der Waals surface area contributed by atoms with Crippen molar-refractivity contribution in [2.45, 2.75) is 13.1 Å². The normalized spacial score (nSPS) is 10.5. The molecule has 0 radical (unpaired) electrons. The SMILES string of the molecule is S=C(Nc1ccc(Cl)cc1)N(Cc1ccco1)Cc1ccccc1Cl. The Hall–Kier alpha value is -2.01. The quantitative estimate of drug-likeness (QED) is 0.541. The predicted molar refractivity (Wildman–Crippen MR) is 107 cm³/mol. The van der Waals surface area contributed by atoms with E-state index in [2.05, 4.69) is 5.32 Å². The van der Waals surface area contributed by atoms with Gasteiger partial charge in [0.2, 0.25) is 0 Å². The van der Waals surface area contributed by atoms with Gasteiger partial charge in [-0.05, 0) is 60.2 Å². The molecule has 1 heterocycles. The van der Waals surface area contributed by atoms with E-state index >= 15 is 0 Å². The van der Waals surface area contributed by atoms with Gasteiger partial charge in [-0.3, -0.25) is 0 Å². The van der Waals surface area contributed by atoms with Crippen LogP contribution in [0.15, 0.2) is 71.3 Å². The van der Waals surface area contributed by atoms with Crippen LogP contribution in [-0.2, 0) is 13.1 Å². The van der Waals surface area contributed by atoms with Crippen molar-refractivity contribution in [2.75, 3.05) is 5.32 Å². The Morgan fingerprint density at radius 2 is 1.72 bits per heavy atom. The van der Waals surface area contributed by atoms with Crippen molar-refractivity contribution in [3.63, 3.8) is 0 Å². The largest absolute Gasteiger partial charge is 0.467 e. The zero-order chi connectivity index (χ0) is 17.6. The number of rotatable bonds is 5. The summed E-state index contributed by atoms with van der Waals surface area (Å²) in [7, 11) is 0. The van der Waals surface area contributed by atoms with Crippen molar-refractivity contribution in [2.24, 2.45) is 0 Å². The van der Waals surface area contributed by atoms with Gasteiger partial charge in [0, 0.05) is 22.3 Å². The molecule has 1 aromatic heterocycles. The molecular weight excluding hydrogens is 375 g/mol. The molecule has 3 nitrogen and oxygen atoms in total. The van der Waals surface area contributed by atoms with E-state index in [-0.39, 0.29) is 0 Å². The molecule has 0 fully saturated rings. The summed E-state index contributed by atoms with van der Waals surface area (Å²) in [5.74, 6) is 0.826. The summed E-state index contributed by atoms with van der Waals surface area (Å²) in [6.07, 6.45) is 1.65. The molecule has 0 unspecified atom stereocenters. The first kappa shape index (κ1) is 17.8. The third-order valence-electron chi connectivity index (χ3n) is 3.63. The topological polar surface area (TPSA) is 28.4 Å². The van der Waals surface area contributed by atoms with Crippen LogP contribution in [0, 0.1) is 0 Å². The number of nitrogens with zero attached hydrogens (tertiary/aromatic N) is 1. The maximum Gasteiger partial charge on any atom is 0.174 e. The highest BCUT2D eigenvalue weighted by Gasteiger charge is 2.14. The van der Waals surface area contributed by atoms with Crippen molar-refractivity contribution < 1.29 is 4.42 Å². The van der Waals surface area contributed by atoms with Gasteiger partial charge >= 0.3 is 0 Å². The number of halogens is 2. The first-order chi connectivity index (χ1) is 12.1. The zero-order valence-corrected chi connectivity index (χ0v) is 15.6. The predicted octanol–water partition coefficient (Wildman–Crippen LogP) is 5.99. The summed E-state index contributed by atoms with van der Waals surface area (Å²) in [5, 5.41) is 5.21. The molecule has 0 atom stereocenters. The monoisotopic (exact) mass is 390 g/mol. The van der Waals surface area contributed by atoms with E-state index in [1.54, 1.807) is 6.26 Å². The zero-order valence-electron chi connectivity index (χ0n) is 13.3. The lowest BCUT2D eigenvalue weighted by atomic mass is 10.2. The molecule has 128 valence electrons. The van der Waals surface area contributed by atoms with E-state index in [1.165, 1.54) is 0 Å². The molecule has 1 N–H and O–H groups in total. The second-order valence-electron chi connectivity index (χ2n) is 5.46. The molecule has 3 rings (SSSR count). The summed E-state index contributed by atoms with van der Waals surface area (Å²) in [5.41, 5.74) is 1.87. The molecule has 25 heavy (non-hydrogen) atoms. The number of hydrogen-bond donors (Lipinski definition) is 1. The fourth-order valence-electron chi connectivity index (χ4n) is 2.36. The third-order valence-corrected chi connectivity index (χ3v) is 4.61. The molecule has 0 spiro atoms. The lowest BCUT2D eigenvalue weighted by Gasteiger charge is -2.25. The van der Waals surface area contributed by atoms with Gasteiger partial charge in [-0.25, -0.2) is 0 Å². The van der Waals surface area contributed by atoms with Crippen LogP contribution in [-0.4, -0.2) is 10.0 Å². The van der Waals surface area contributed by atoms with Crippen LogP contribution >= 0.6 is 35.4 Å². The van der Waals surface area contributed by atoms with Gasteiger partial charge in [0.15, 0.2) is 5.11 Å². The van der Waals surface area contributed by atoms with E-state index in [0.29, 0.717) is 28.2 Å². The van der Waals surface area contributed by atoms with Crippen LogP contribution in [0.2, 0.25) is 10.0 Å². The molecule has 0 aliphatic heterocycles. The first-order valence-corrected chi connectivity index (χ1v) is 8.85. The van der Waals surface area contributed by atoms with Crippen molar-refractivity contribution in [3.05, 3.63) is 88.3 Å². The maximum absolute atomic E-state index is 6.30. The summed E-state index contributed by atoms with van der Waals surface area (Å²) in [6, 6.07) is 18.9. The number of hydrogen-bond acceptors (Lipinski definition) is 2. The van der Waals surface area contributed by atoms with Gasteiger partial charge in [0.1, 0.15) is 5.76 Å². The number of nitrogens with one attached hydrogen (secondary N) is 1. The summed E-state index contributed by atoms with van der Waals surface area (Å²) in [6.45, 7) is 1.11. The molecule has 0 amide bonds. The minimum atomic E-state index is 0.539. The van der Waals surface area contributed by atoms with E-state index in [9.17, 15) is 0 Å². The third kappa shape index (κ3) is 4.98. The number of benzene rings is 2. The van der Waals surface area contributed by atoms with Crippen molar-refractivity contribution in [1.82, 2.24) is 4.90 Å². The fourth-order valence-corrected chi connectivity index (χ4v) is 2.93. The summed E-state index contributed by atoms with van der Waals surface area (Å²) >= 11 is 17.8. The molecule has 0 saturated heterocycles. The molecule has 0 saturated carbocycles. The van der Waals surface area contributed by atoms with E-state index in [1.807, 2.05) is 65.6 Å². The second-order valence-corrected chi connectivity index (χ2v) is 6.69. The fraction of sp³-hybridized carbons (Fsp3) is 0.105. The van der Waals surface area contributed by atoms with Crippen LogP contribution in [0.5, 0.6) is 0 Å². The molecule has 0 aliphatic rings. The van der Waals surface area contributed by atoms with Gasteiger partial charge in [-0.2, -0.15) is 0 Å². The molecule has 3 aromatic rings. The van der Waals surface area contributed by atoms with Gasteiger partial charge < -0.3 is 14.6 Å². The molecular formula is C19H16Cl2N2OS. The van der Waals surface area contributed by atoms with Crippen molar-refractivity contribution in [3.8, 4) is 0 Å². The summed E-state index contributed by atoms with van der Waals surface area (Å²) in [4.78, 5) is 2.00. The average molecular weight is 391 g/mol. The highest BCUT2D eigenvalue weighted by molar-refractivity contribution is 7.80. The Morgan fingerprint density at radius 3 is 2.40 bits per heavy atom. The Morgan fingerprint density at radius 1 is 0.960 bits per heavy atom. The Labute approximate surface area is 162 Å². The Bertz CT molecular complexity index is 835. The van der Waals surface area contributed by atoms with Gasteiger partial charge in [0.25, 0.3) is 0 Å². The van der Waals surface area contributed by atoms with Crippen LogP contribution in [0.4, 0.5) is 5.69 Å². The lowest BCUT2D eigenvalue weighted by Crippen LogP contribution is -2.33. The van der Waals surface area contributed by atoms with Gasteiger partial charge in [0.05, 0.1) is 12.8 Å². The maximum atomic E-state index is 6.30. The van der Waals surface area contributed by atoms with E-state index in [0.717, 1.165) is 17.0 Å². The highest BCUT2D eigenvalue weighted by Crippen LogP contribution is 2.20. The summed E-state index contributed by atoms with van der Waals surface area (Å²) < 4.78 is 5.47. The number of thiocarbonyl (C=S) groups is 1. The molecule has 0 aliphatic carbocycles. The van der Waals surface area contributed by atoms with Crippen LogP contribution < -0.4 is 5.32 Å². The lowest BCUT2D eigenvalue weighted by molar-refractivity contribution is 0.360. The standard InChI is InChI=1S/C19H16Cl2N2OS/c20-15-7-9-16(10-8-15)22-19(25)23(13-17-5-3-11-24-17)12-14-4-1-2-6-18(14)21/h1-11H,12-13H2,(H,22,25). The first-order valence-electron chi connectivity index (χ1n) is 7.69. The van der Waals surface area contributed by atoms with E-state index in [4.69, 9.17) is 39.8 Å². The van der Waals surface area contributed by atoms with Gasteiger partial charge in [-0.15, -0.1) is 0 Å². The van der Waals surface area contributed by atoms with Gasteiger partial charge in [-0.1, -0.05) is 41.4 Å². The van der Waals surface area contributed by atoms with Crippen molar-refractivity contribution in [1.29, 1.82) is 0 Å². The minimum Gasteiger partial charge on any atom is -0.467 e. The molecule has 2 aromatic carbocycles. The van der Waals surface area contributed by atoms with Crippen molar-refractivity contribution >= 4 is 46.2 Å². The van der Waals surface area contributed by atoms with E-state index < -0.39 is 0 Å².